The van der Waals surface area contributed by atoms with Gasteiger partial charge in [0.25, 0.3) is 5.91 Å². The van der Waals surface area contributed by atoms with Gasteiger partial charge >= 0.3 is 12.3 Å². The number of carbonyl (C=O) groups is 2. The minimum atomic E-state index is -4.83. The normalized spacial score (nSPS) is 16.0. The van der Waals surface area contributed by atoms with Crippen LogP contribution in [-0.2, 0) is 15.7 Å². The fourth-order valence-electron chi connectivity index (χ4n) is 3.58. The molecule has 1 atom stereocenters. The van der Waals surface area contributed by atoms with Gasteiger partial charge in [-0.3, -0.25) is 15.0 Å². The molecule has 3 N–H and O–H groups in total. The second-order valence-electron chi connectivity index (χ2n) is 8.38. The lowest BCUT2D eigenvalue weighted by Gasteiger charge is -2.30. The second-order valence-corrected chi connectivity index (χ2v) is 9.15. The molecule has 1 saturated heterocycles. The molecule has 1 aliphatic rings. The van der Waals surface area contributed by atoms with Crippen molar-refractivity contribution in [2.75, 3.05) is 28.3 Å². The Kier molecular flexibility index (Phi) is 7.99. The van der Waals surface area contributed by atoms with E-state index >= 15 is 0 Å². The highest BCUT2D eigenvalue weighted by molar-refractivity contribution is 7.81. The number of aliphatic hydroxyl groups is 2. The molecule has 0 bridgehead atoms. The van der Waals surface area contributed by atoms with Crippen LogP contribution in [0, 0.1) is 11.3 Å². The van der Waals surface area contributed by atoms with Gasteiger partial charge in [0.05, 0.1) is 40.2 Å². The van der Waals surface area contributed by atoms with E-state index in [1.165, 1.54) is 49.1 Å². The Morgan fingerprint density at radius 2 is 1.92 bits per heavy atom. The highest BCUT2D eigenvalue weighted by Crippen LogP contribution is 2.40. The van der Waals surface area contributed by atoms with Gasteiger partial charge in [-0.25, -0.2) is 4.79 Å². The van der Waals surface area contributed by atoms with Crippen molar-refractivity contribution in [2.45, 2.75) is 31.7 Å². The highest BCUT2D eigenvalue weighted by Gasteiger charge is 2.50. The van der Waals surface area contributed by atoms with Crippen LogP contribution < -0.4 is 15.1 Å². The molecule has 2 aromatic carbocycles. The minimum absolute atomic E-state index is 0.0601. The lowest BCUT2D eigenvalue weighted by atomic mass is 10.0. The van der Waals surface area contributed by atoms with Crippen LogP contribution in [0.1, 0.15) is 25.0 Å². The van der Waals surface area contributed by atoms with Crippen LogP contribution in [0.25, 0.3) is 0 Å². The summed E-state index contributed by atoms with van der Waals surface area (Å²) in [5.41, 5.74) is -3.00. The number of benzene rings is 2. The Labute approximate surface area is 219 Å². The Morgan fingerprint density at radius 1 is 1.27 bits per heavy atom. The highest BCUT2D eigenvalue weighted by atomic mass is 35.5. The van der Waals surface area contributed by atoms with Crippen molar-refractivity contribution < 1.29 is 37.7 Å². The standard InChI is InChI=1S/C23H20ClF3N4O5S/c1-22(2)19(34)30(13-4-3-12(9-28)16(7-13)23(25,26)27)21(37)31(22)14-5-6-17(24)18(8-14)29-20(35)36-11-15(33)10-32/h3-8,15,32-33H,10-11H2,1-2H3,(H,29,35). The topological polar surface area (TPSA) is 126 Å². The van der Waals surface area contributed by atoms with E-state index in [1.54, 1.807) is 0 Å². The van der Waals surface area contributed by atoms with Crippen LogP contribution in [0.3, 0.4) is 0 Å². The number of anilines is 3. The van der Waals surface area contributed by atoms with E-state index in [0.29, 0.717) is 6.07 Å². The summed E-state index contributed by atoms with van der Waals surface area (Å²) in [6.07, 6.45) is -7.09. The van der Waals surface area contributed by atoms with Gasteiger partial charge in [0.15, 0.2) is 5.11 Å². The molecule has 196 valence electrons. The monoisotopic (exact) mass is 556 g/mol. The summed E-state index contributed by atoms with van der Waals surface area (Å²) in [4.78, 5) is 27.7. The van der Waals surface area contributed by atoms with Gasteiger partial charge in [-0.2, -0.15) is 18.4 Å². The molecule has 9 nitrogen and oxygen atoms in total. The molecule has 1 fully saturated rings. The lowest BCUT2D eigenvalue weighted by Crippen LogP contribution is -2.44. The molecule has 1 aliphatic heterocycles. The van der Waals surface area contributed by atoms with Gasteiger partial charge in [-0.15, -0.1) is 0 Å². The first-order valence-corrected chi connectivity index (χ1v) is 11.3. The molecule has 2 aromatic rings. The molecule has 2 amide bonds. The van der Waals surface area contributed by atoms with Gasteiger partial charge in [-0.1, -0.05) is 11.6 Å². The minimum Gasteiger partial charge on any atom is -0.446 e. The van der Waals surface area contributed by atoms with E-state index in [9.17, 15) is 27.9 Å². The molecule has 0 aliphatic carbocycles. The second kappa shape index (κ2) is 10.5. The summed E-state index contributed by atoms with van der Waals surface area (Å²) in [6.45, 7) is 1.94. The summed E-state index contributed by atoms with van der Waals surface area (Å²) in [7, 11) is 0. The maximum Gasteiger partial charge on any atom is 0.417 e. The van der Waals surface area contributed by atoms with Crippen LogP contribution in [0.2, 0.25) is 5.02 Å². The molecule has 3 rings (SSSR count). The molecule has 0 radical (unpaired) electrons. The number of thiocarbonyl (C=S) groups is 1. The van der Waals surface area contributed by atoms with Crippen molar-refractivity contribution in [1.29, 1.82) is 5.26 Å². The van der Waals surface area contributed by atoms with Crippen molar-refractivity contribution in [2.24, 2.45) is 0 Å². The maximum atomic E-state index is 13.5. The molecule has 1 heterocycles. The molecular weight excluding hydrogens is 537 g/mol. The van der Waals surface area contributed by atoms with Gasteiger partial charge in [-0.05, 0) is 62.5 Å². The molecule has 1 unspecified atom stereocenters. The first-order valence-electron chi connectivity index (χ1n) is 10.5. The van der Waals surface area contributed by atoms with Crippen LogP contribution in [0.15, 0.2) is 36.4 Å². The van der Waals surface area contributed by atoms with Crippen LogP contribution in [0.4, 0.5) is 35.0 Å². The fraction of sp³-hybridized carbons (Fsp3) is 0.304. The molecule has 0 spiro atoms. The van der Waals surface area contributed by atoms with E-state index in [-0.39, 0.29) is 27.2 Å². The predicted molar refractivity (Wildman–Crippen MR) is 132 cm³/mol. The first kappa shape index (κ1) is 28.1. The molecule has 0 aromatic heterocycles. The van der Waals surface area contributed by atoms with E-state index < -0.39 is 54.2 Å². The molecule has 14 heteroatoms. The number of alkyl halides is 3. The number of ether oxygens (including phenoxy) is 1. The Hall–Kier alpha value is -3.44. The average molecular weight is 557 g/mol. The van der Waals surface area contributed by atoms with Gasteiger partial charge in [0.2, 0.25) is 0 Å². The molecule has 0 saturated carbocycles. The maximum absolute atomic E-state index is 13.5. The number of carbonyl (C=O) groups excluding carboxylic acids is 2. The predicted octanol–water partition coefficient (Wildman–Crippen LogP) is 4.05. The molecule has 37 heavy (non-hydrogen) atoms. The summed E-state index contributed by atoms with van der Waals surface area (Å²) in [5.74, 6) is -0.628. The van der Waals surface area contributed by atoms with Crippen molar-refractivity contribution in [3.8, 4) is 6.07 Å². The number of nitrogens with zero attached hydrogens (tertiary/aromatic N) is 3. The summed E-state index contributed by atoms with van der Waals surface area (Å²) >= 11 is 11.7. The quantitative estimate of drug-likeness (QED) is 0.455. The van der Waals surface area contributed by atoms with E-state index in [4.69, 9.17) is 38.9 Å². The zero-order valence-electron chi connectivity index (χ0n) is 19.3. The van der Waals surface area contributed by atoms with Gasteiger partial charge in [0, 0.05) is 5.69 Å². The Morgan fingerprint density at radius 3 is 2.51 bits per heavy atom. The number of rotatable bonds is 6. The smallest absolute Gasteiger partial charge is 0.417 e. The van der Waals surface area contributed by atoms with Crippen LogP contribution in [-0.4, -0.2) is 52.2 Å². The average Bonchev–Trinajstić information content (AvgIpc) is 3.01. The number of amides is 2. The fourth-order valence-corrected chi connectivity index (χ4v) is 4.26. The van der Waals surface area contributed by atoms with E-state index in [2.05, 4.69) is 5.32 Å². The lowest BCUT2D eigenvalue weighted by molar-refractivity contribution is -0.137. The van der Waals surface area contributed by atoms with Crippen molar-refractivity contribution in [3.63, 3.8) is 0 Å². The number of nitriles is 1. The largest absolute Gasteiger partial charge is 0.446 e. The number of hydrogen-bond acceptors (Lipinski definition) is 7. The summed E-state index contributed by atoms with van der Waals surface area (Å²) in [6, 6.07) is 8.63. The zero-order chi connectivity index (χ0) is 27.7. The van der Waals surface area contributed by atoms with E-state index in [0.717, 1.165) is 11.0 Å². The Balaban J connectivity index is 1.97. The number of hydrogen-bond donors (Lipinski definition) is 3. The van der Waals surface area contributed by atoms with Crippen molar-refractivity contribution >= 4 is 58.0 Å². The zero-order valence-corrected chi connectivity index (χ0v) is 20.9. The summed E-state index contributed by atoms with van der Waals surface area (Å²) in [5, 5.41) is 29.5. The van der Waals surface area contributed by atoms with Crippen molar-refractivity contribution in [3.05, 3.63) is 52.5 Å². The van der Waals surface area contributed by atoms with Gasteiger partial charge in [0.1, 0.15) is 18.2 Å². The van der Waals surface area contributed by atoms with Crippen LogP contribution >= 0.6 is 23.8 Å². The number of halogens is 4. The van der Waals surface area contributed by atoms with E-state index in [1.807, 2.05) is 0 Å². The number of aliphatic hydroxyl groups excluding tert-OH is 2. The SMILES string of the molecule is CC1(C)C(=O)N(c2ccc(C#N)c(C(F)(F)F)c2)C(=S)N1c1ccc(Cl)c(NC(=O)OCC(O)CO)c1. The third-order valence-corrected chi connectivity index (χ3v) is 6.11. The van der Waals surface area contributed by atoms with Crippen LogP contribution in [0.5, 0.6) is 0 Å². The molecular formula is C23H20ClF3N4O5S. The number of nitrogens with one attached hydrogen (secondary N) is 1. The third kappa shape index (κ3) is 5.62. The Bertz CT molecular complexity index is 1300. The first-order chi connectivity index (χ1) is 17.2. The van der Waals surface area contributed by atoms with Gasteiger partial charge < -0.3 is 19.8 Å². The van der Waals surface area contributed by atoms with Crippen molar-refractivity contribution in [1.82, 2.24) is 0 Å². The summed E-state index contributed by atoms with van der Waals surface area (Å²) < 4.78 is 45.3. The third-order valence-electron chi connectivity index (χ3n) is 5.42.